The average molecular weight is 434 g/mol. The van der Waals surface area contributed by atoms with Crippen molar-refractivity contribution in [2.45, 2.75) is 30.7 Å². The molecule has 2 heterocycles. The first-order valence-electron chi connectivity index (χ1n) is 9.79. The van der Waals surface area contributed by atoms with Crippen LogP contribution in [0.3, 0.4) is 0 Å². The zero-order valence-corrected chi connectivity index (χ0v) is 18.8. The molecule has 2 aromatic heterocycles. The highest BCUT2D eigenvalue weighted by molar-refractivity contribution is 6.38. The summed E-state index contributed by atoms with van der Waals surface area (Å²) in [5.41, 5.74) is 1.46. The molecule has 0 aliphatic carbocycles. The lowest BCUT2D eigenvalue weighted by molar-refractivity contribution is 0.0925. The van der Waals surface area contributed by atoms with E-state index in [1.54, 1.807) is 37.7 Å². The van der Waals surface area contributed by atoms with E-state index in [-0.39, 0.29) is 17.6 Å². The molecule has 1 aromatic carbocycles. The Labute approximate surface area is 188 Å². The van der Waals surface area contributed by atoms with Crippen molar-refractivity contribution in [3.63, 3.8) is 0 Å². The second-order valence-electron chi connectivity index (χ2n) is 8.53. The number of nitrogens with zero attached hydrogens (tertiary/aromatic N) is 4. The van der Waals surface area contributed by atoms with E-state index < -0.39 is 10.8 Å². The Morgan fingerprint density at radius 2 is 2.06 bits per heavy atom. The van der Waals surface area contributed by atoms with Gasteiger partial charge in [0.1, 0.15) is 27.5 Å². The van der Waals surface area contributed by atoms with Crippen molar-refractivity contribution < 1.29 is 9.90 Å². The molecule has 0 saturated heterocycles. The van der Waals surface area contributed by atoms with Crippen LogP contribution in [0, 0.1) is 11.3 Å². The van der Waals surface area contributed by atoms with Gasteiger partial charge in [-0.15, -0.1) is 0 Å². The van der Waals surface area contributed by atoms with Gasteiger partial charge >= 0.3 is 0 Å². The van der Waals surface area contributed by atoms with Gasteiger partial charge in [0.25, 0.3) is 5.91 Å². The van der Waals surface area contributed by atoms with Crippen LogP contribution in [0.15, 0.2) is 36.5 Å². The number of hydrogen-bond acceptors (Lipinski definition) is 5. The number of rotatable bonds is 6. The molecule has 1 amide bonds. The number of nitriles is 1. The number of aliphatic hydroxyl groups is 1. The van der Waals surface area contributed by atoms with Crippen molar-refractivity contribution in [2.24, 2.45) is 0 Å². The van der Waals surface area contributed by atoms with Crippen LogP contribution in [0.4, 0.5) is 0 Å². The van der Waals surface area contributed by atoms with Gasteiger partial charge in [-0.2, -0.15) is 15.5 Å². The number of H-pyrrole nitrogens is 1. The Morgan fingerprint density at radius 3 is 2.65 bits per heavy atom. The molecule has 0 radical (unpaired) electrons. The van der Waals surface area contributed by atoms with Crippen molar-refractivity contribution in [2.75, 3.05) is 0 Å². The van der Waals surface area contributed by atoms with Crippen molar-refractivity contribution in [3.8, 4) is 17.3 Å². The van der Waals surface area contributed by atoms with E-state index in [2.05, 4.69) is 20.6 Å². The van der Waals surface area contributed by atoms with E-state index in [0.29, 0.717) is 22.0 Å². The lowest BCUT2D eigenvalue weighted by atomic mass is 9.58. The van der Waals surface area contributed by atoms with Gasteiger partial charge in [-0.05, 0) is 38.1 Å². The second kappa shape index (κ2) is 8.29. The Bertz CT molecular complexity index is 1160. The van der Waals surface area contributed by atoms with E-state index in [1.807, 2.05) is 40.9 Å². The van der Waals surface area contributed by atoms with Crippen molar-refractivity contribution in [1.29, 1.82) is 5.26 Å². The maximum Gasteiger partial charge on any atom is 0.272 e. The highest BCUT2D eigenvalue weighted by atomic mass is 35.5. The molecule has 0 bridgehead atoms. The largest absolute Gasteiger partial charge is 0.393 e. The number of carbonyl (C=O) groups is 1. The Balaban J connectivity index is 1.77. The molecule has 12 heteroatoms. The molecule has 8 nitrogen and oxygen atoms in total. The Morgan fingerprint density at radius 1 is 1.35 bits per heavy atom. The number of aromatic amines is 1. The van der Waals surface area contributed by atoms with Crippen LogP contribution in [0.25, 0.3) is 11.3 Å². The number of nitrogens with one attached hydrogen (secondary N) is 2. The molecule has 156 valence electrons. The molecule has 3 rings (SSSR count). The van der Waals surface area contributed by atoms with Gasteiger partial charge in [0, 0.05) is 23.1 Å². The van der Waals surface area contributed by atoms with E-state index >= 15 is 0 Å². The predicted octanol–water partition coefficient (Wildman–Crippen LogP) is -0.709. The van der Waals surface area contributed by atoms with E-state index in [1.165, 1.54) is 6.07 Å². The fourth-order valence-corrected chi connectivity index (χ4v) is 3.18. The van der Waals surface area contributed by atoms with E-state index in [9.17, 15) is 9.90 Å². The lowest BCUT2D eigenvalue weighted by Crippen LogP contribution is -2.53. The second-order valence-corrected chi connectivity index (χ2v) is 8.93. The maximum atomic E-state index is 12.7. The molecule has 0 fully saturated rings. The highest BCUT2D eigenvalue weighted by Gasteiger charge is 2.31. The summed E-state index contributed by atoms with van der Waals surface area (Å²) in [6, 6.07) is 10.3. The van der Waals surface area contributed by atoms with Gasteiger partial charge in [0.05, 0.1) is 27.5 Å². The molecule has 1 unspecified atom stereocenters. The van der Waals surface area contributed by atoms with Crippen LogP contribution in [-0.4, -0.2) is 60.6 Å². The smallest absolute Gasteiger partial charge is 0.272 e. The summed E-state index contributed by atoms with van der Waals surface area (Å²) in [6.07, 6.45) is 1.84. The Kier molecular flexibility index (Phi) is 6.08. The minimum absolute atomic E-state index is 0.202. The summed E-state index contributed by atoms with van der Waals surface area (Å²) in [7, 11) is 5.55. The SMILES string of the molecule is BC(C)(O)c1cc(C(=O)N[C@@H](C)C(B)(B)n2ccc(-c3ccc(C#N)c(Cl)c3)n2)n[nH]1. The zero-order valence-electron chi connectivity index (χ0n) is 18.1. The predicted molar refractivity (Wildman–Crippen MR) is 126 cm³/mol. The lowest BCUT2D eigenvalue weighted by Gasteiger charge is -2.33. The molecule has 0 aliphatic rings. The van der Waals surface area contributed by atoms with Gasteiger partial charge in [0.2, 0.25) is 0 Å². The number of halogens is 1. The number of carbonyl (C=O) groups excluding carboxylic acids is 1. The van der Waals surface area contributed by atoms with Crippen LogP contribution >= 0.6 is 11.6 Å². The van der Waals surface area contributed by atoms with E-state index in [4.69, 9.17) is 16.9 Å². The molecular weight excluding hydrogens is 412 g/mol. The molecule has 3 N–H and O–H groups in total. The molecular formula is C19H22B3ClN6O2. The molecule has 2 atom stereocenters. The molecule has 31 heavy (non-hydrogen) atoms. The summed E-state index contributed by atoms with van der Waals surface area (Å²) < 4.78 is 1.78. The normalized spacial score (nSPS) is 14.4. The summed E-state index contributed by atoms with van der Waals surface area (Å²) in [6.45, 7) is 3.51. The van der Waals surface area contributed by atoms with Crippen LogP contribution in [-0.2, 0) is 10.8 Å². The van der Waals surface area contributed by atoms with Gasteiger partial charge in [-0.25, -0.2) is 0 Å². The first-order valence-corrected chi connectivity index (χ1v) is 10.2. The van der Waals surface area contributed by atoms with Gasteiger partial charge in [-0.3, -0.25) is 14.6 Å². The fraction of sp³-hybridized carbons (Fsp3) is 0.263. The summed E-state index contributed by atoms with van der Waals surface area (Å²) >= 11 is 6.14. The quantitative estimate of drug-likeness (QED) is 0.443. The third-order valence-corrected chi connectivity index (χ3v) is 5.75. The minimum atomic E-state index is -1.11. The van der Waals surface area contributed by atoms with Crippen LogP contribution in [0.1, 0.15) is 35.6 Å². The van der Waals surface area contributed by atoms with Gasteiger partial charge in [0.15, 0.2) is 7.85 Å². The number of aromatic nitrogens is 4. The molecule has 0 aliphatic heterocycles. The van der Waals surface area contributed by atoms with Crippen LogP contribution < -0.4 is 5.32 Å². The minimum Gasteiger partial charge on any atom is -0.393 e. The monoisotopic (exact) mass is 434 g/mol. The third kappa shape index (κ3) is 4.71. The van der Waals surface area contributed by atoms with E-state index in [0.717, 1.165) is 5.56 Å². The fourth-order valence-electron chi connectivity index (χ4n) is 2.96. The maximum absolute atomic E-state index is 12.7. The topological polar surface area (TPSA) is 120 Å². The van der Waals surface area contributed by atoms with Crippen LogP contribution in [0.2, 0.25) is 5.02 Å². The average Bonchev–Trinajstić information content (AvgIpc) is 3.37. The van der Waals surface area contributed by atoms with Crippen molar-refractivity contribution >= 4 is 41.0 Å². The number of amides is 1. The summed E-state index contributed by atoms with van der Waals surface area (Å²) in [5, 5.41) is 33.2. The van der Waals surface area contributed by atoms with Crippen molar-refractivity contribution in [1.82, 2.24) is 25.3 Å². The number of hydrogen-bond donors (Lipinski definition) is 3. The van der Waals surface area contributed by atoms with Gasteiger partial charge in [-0.1, -0.05) is 17.7 Å². The first kappa shape index (κ1) is 22.7. The standard InChI is InChI=1S/C19H22B3ClN6O2/c1-10(25-17(30)15-8-16(27-26-15)18(2,20)31)19(21,22)29-6-5-14(28-29)11-3-4-12(9-24)13(23)7-11/h3-8,10,31H,20-22H2,1-2H3,(H,25,30)(H,26,27)/t10-,18?/m0/s1. The third-order valence-electron chi connectivity index (χ3n) is 5.44. The van der Waals surface area contributed by atoms with Crippen molar-refractivity contribution in [3.05, 3.63) is 58.5 Å². The molecule has 0 spiro atoms. The molecule has 3 aromatic rings. The summed E-state index contributed by atoms with van der Waals surface area (Å²) in [5.74, 6) is -0.349. The van der Waals surface area contributed by atoms with Gasteiger partial charge < -0.3 is 10.4 Å². The Hall–Kier alpha value is -2.96. The van der Waals surface area contributed by atoms with Crippen LogP contribution in [0.5, 0.6) is 0 Å². The highest BCUT2D eigenvalue weighted by Crippen LogP contribution is 2.25. The first-order chi connectivity index (χ1) is 14.4. The molecule has 0 saturated carbocycles. The number of benzene rings is 1. The summed E-state index contributed by atoms with van der Waals surface area (Å²) in [4.78, 5) is 12.7. The zero-order chi connectivity index (χ0) is 23.0.